The van der Waals surface area contributed by atoms with Gasteiger partial charge in [0.1, 0.15) is 0 Å². The van der Waals surface area contributed by atoms with Crippen molar-refractivity contribution in [1.29, 1.82) is 0 Å². The van der Waals surface area contributed by atoms with Gasteiger partial charge in [0.15, 0.2) is 21.3 Å². The summed E-state index contributed by atoms with van der Waals surface area (Å²) in [5.41, 5.74) is -0.433. The van der Waals surface area contributed by atoms with E-state index < -0.39 is 15.4 Å². The smallest absolute Gasteiger partial charge is 0.252 e. The number of ether oxygens (including phenoxy) is 3. The van der Waals surface area contributed by atoms with Crippen LogP contribution in [0.15, 0.2) is 12.1 Å². The average Bonchev–Trinajstić information content (AvgIpc) is 2.83. The molecule has 146 valence electrons. The minimum absolute atomic E-state index is 0.0561. The van der Waals surface area contributed by atoms with E-state index in [4.69, 9.17) is 14.2 Å². The average molecular weight is 385 g/mol. The number of nitrogens with one attached hydrogen (secondary N) is 1. The molecule has 2 rings (SSSR count). The van der Waals surface area contributed by atoms with Gasteiger partial charge in [-0.1, -0.05) is 0 Å². The summed E-state index contributed by atoms with van der Waals surface area (Å²) in [6.07, 6.45) is 0.398. The van der Waals surface area contributed by atoms with E-state index in [9.17, 15) is 13.2 Å². The van der Waals surface area contributed by atoms with Crippen molar-refractivity contribution < 1.29 is 27.4 Å². The summed E-state index contributed by atoms with van der Waals surface area (Å²) >= 11 is 0. The van der Waals surface area contributed by atoms with Crippen molar-refractivity contribution in [3.05, 3.63) is 17.7 Å². The van der Waals surface area contributed by atoms with Gasteiger partial charge in [0.2, 0.25) is 5.75 Å². The van der Waals surface area contributed by atoms with Crippen molar-refractivity contribution in [2.45, 2.75) is 39.7 Å². The molecule has 0 aliphatic carbocycles. The van der Waals surface area contributed by atoms with Crippen LogP contribution in [-0.2, 0) is 9.84 Å². The highest BCUT2D eigenvalue weighted by atomic mass is 32.2. The molecule has 26 heavy (non-hydrogen) atoms. The summed E-state index contributed by atoms with van der Waals surface area (Å²) in [4.78, 5) is 12.7. The molecule has 1 N–H and O–H groups in total. The van der Waals surface area contributed by atoms with Gasteiger partial charge in [0.05, 0.1) is 36.9 Å². The van der Waals surface area contributed by atoms with Gasteiger partial charge in [0.25, 0.3) is 5.91 Å². The standard InChI is InChI=1S/C18H27NO6S/c1-5-23-14-10-13(11-15(24-6-2)16(14)25-7-3)17(20)19-18(4)8-9-26(21,22)12-18/h10-11H,5-9,12H2,1-4H3,(H,19,20). The van der Waals surface area contributed by atoms with E-state index in [0.717, 1.165) is 0 Å². The Labute approximate surface area is 154 Å². The van der Waals surface area contributed by atoms with E-state index in [1.54, 1.807) is 19.1 Å². The fraction of sp³-hybridized carbons (Fsp3) is 0.611. The maximum atomic E-state index is 12.7. The van der Waals surface area contributed by atoms with Crippen LogP contribution >= 0.6 is 0 Å². The van der Waals surface area contributed by atoms with Crippen molar-refractivity contribution in [3.63, 3.8) is 0 Å². The van der Waals surface area contributed by atoms with Crippen LogP contribution in [0.3, 0.4) is 0 Å². The summed E-state index contributed by atoms with van der Waals surface area (Å²) in [5.74, 6) is 0.974. The van der Waals surface area contributed by atoms with Crippen LogP contribution in [-0.4, -0.2) is 51.2 Å². The molecule has 0 aromatic heterocycles. The molecular weight excluding hydrogens is 358 g/mol. The number of rotatable bonds is 8. The quantitative estimate of drug-likeness (QED) is 0.738. The lowest BCUT2D eigenvalue weighted by Gasteiger charge is -2.24. The first-order valence-electron chi connectivity index (χ1n) is 8.83. The van der Waals surface area contributed by atoms with Crippen LogP contribution in [0.4, 0.5) is 0 Å². The SMILES string of the molecule is CCOc1cc(C(=O)NC2(C)CCS(=O)(=O)C2)cc(OCC)c1OCC. The van der Waals surface area contributed by atoms with Gasteiger partial charge >= 0.3 is 0 Å². The molecule has 7 nitrogen and oxygen atoms in total. The zero-order valence-electron chi connectivity index (χ0n) is 15.8. The van der Waals surface area contributed by atoms with Gasteiger partial charge in [0, 0.05) is 5.56 Å². The molecule has 0 radical (unpaired) electrons. The van der Waals surface area contributed by atoms with Crippen LogP contribution in [0.5, 0.6) is 17.2 Å². The fourth-order valence-electron chi connectivity index (χ4n) is 2.98. The van der Waals surface area contributed by atoms with Gasteiger partial charge in [-0.3, -0.25) is 4.79 Å². The van der Waals surface area contributed by atoms with Gasteiger partial charge in [-0.25, -0.2) is 8.42 Å². The molecule has 0 bridgehead atoms. The van der Waals surface area contributed by atoms with Gasteiger partial charge < -0.3 is 19.5 Å². The highest BCUT2D eigenvalue weighted by Crippen LogP contribution is 2.39. The van der Waals surface area contributed by atoms with Crippen LogP contribution in [0, 0.1) is 0 Å². The Balaban J connectivity index is 2.34. The molecule has 1 aromatic rings. The molecule has 1 unspecified atom stereocenters. The Morgan fingerprint density at radius 2 is 1.62 bits per heavy atom. The van der Waals surface area contributed by atoms with Crippen molar-refractivity contribution in [3.8, 4) is 17.2 Å². The summed E-state index contributed by atoms with van der Waals surface area (Å²) in [6, 6.07) is 3.19. The van der Waals surface area contributed by atoms with Crippen molar-refractivity contribution in [1.82, 2.24) is 5.32 Å². The minimum atomic E-state index is -3.11. The molecule has 1 aliphatic rings. The first-order chi connectivity index (χ1) is 12.2. The Hall–Kier alpha value is -1.96. The number of benzene rings is 1. The topological polar surface area (TPSA) is 90.9 Å². The fourth-order valence-corrected chi connectivity index (χ4v) is 5.07. The number of hydrogen-bond acceptors (Lipinski definition) is 6. The van der Waals surface area contributed by atoms with E-state index in [2.05, 4.69) is 5.32 Å². The second-order valence-corrected chi connectivity index (χ2v) is 8.64. The Bertz CT molecular complexity index is 734. The highest BCUT2D eigenvalue weighted by Gasteiger charge is 2.39. The monoisotopic (exact) mass is 385 g/mol. The predicted octanol–water partition coefficient (Wildman–Crippen LogP) is 2.19. The molecule has 1 heterocycles. The van der Waals surface area contributed by atoms with Crippen LogP contribution < -0.4 is 19.5 Å². The van der Waals surface area contributed by atoms with Crippen molar-refractivity contribution >= 4 is 15.7 Å². The second-order valence-electron chi connectivity index (χ2n) is 6.46. The maximum Gasteiger partial charge on any atom is 0.252 e. The molecule has 1 saturated heterocycles. The zero-order chi connectivity index (χ0) is 19.4. The molecule has 0 saturated carbocycles. The van der Waals surface area contributed by atoms with Gasteiger partial charge in [-0.15, -0.1) is 0 Å². The van der Waals surface area contributed by atoms with Crippen LogP contribution in [0.25, 0.3) is 0 Å². The summed E-state index contributed by atoms with van der Waals surface area (Å²) in [5, 5.41) is 2.85. The molecule has 1 atom stereocenters. The van der Waals surface area contributed by atoms with E-state index in [-0.39, 0.29) is 17.4 Å². The Kier molecular flexibility index (Phi) is 6.39. The molecule has 1 aliphatic heterocycles. The van der Waals surface area contributed by atoms with E-state index in [0.29, 0.717) is 49.1 Å². The first kappa shape index (κ1) is 20.4. The summed E-state index contributed by atoms with van der Waals surface area (Å²) in [6.45, 7) is 8.53. The molecule has 1 amide bonds. The van der Waals surface area contributed by atoms with Gasteiger partial charge in [-0.2, -0.15) is 0 Å². The third-order valence-corrected chi connectivity index (χ3v) is 5.99. The number of carbonyl (C=O) groups is 1. The third kappa shape index (κ3) is 4.81. The number of carbonyl (C=O) groups excluding carboxylic acids is 1. The van der Waals surface area contributed by atoms with E-state index in [1.165, 1.54) is 0 Å². The normalized spacial score (nSPS) is 21.2. The lowest BCUT2D eigenvalue weighted by Crippen LogP contribution is -2.46. The van der Waals surface area contributed by atoms with Gasteiger partial charge in [-0.05, 0) is 46.2 Å². The predicted molar refractivity (Wildman–Crippen MR) is 99.1 cm³/mol. The zero-order valence-corrected chi connectivity index (χ0v) is 16.6. The maximum absolute atomic E-state index is 12.7. The highest BCUT2D eigenvalue weighted by molar-refractivity contribution is 7.91. The Morgan fingerprint density at radius 3 is 2.04 bits per heavy atom. The van der Waals surface area contributed by atoms with E-state index in [1.807, 2.05) is 20.8 Å². The lowest BCUT2D eigenvalue weighted by molar-refractivity contribution is 0.0914. The third-order valence-electron chi connectivity index (χ3n) is 4.09. The first-order valence-corrected chi connectivity index (χ1v) is 10.6. The summed E-state index contributed by atoms with van der Waals surface area (Å²) < 4.78 is 40.4. The van der Waals surface area contributed by atoms with Crippen molar-refractivity contribution in [2.75, 3.05) is 31.3 Å². The molecule has 0 spiro atoms. The lowest BCUT2D eigenvalue weighted by atomic mass is 10.0. The molecule has 1 aromatic carbocycles. The molecule has 8 heteroatoms. The minimum Gasteiger partial charge on any atom is -0.490 e. The van der Waals surface area contributed by atoms with Crippen LogP contribution in [0.1, 0.15) is 44.5 Å². The summed E-state index contributed by atoms with van der Waals surface area (Å²) in [7, 11) is -3.11. The largest absolute Gasteiger partial charge is 0.490 e. The second kappa shape index (κ2) is 8.16. The number of amides is 1. The van der Waals surface area contributed by atoms with Crippen LogP contribution in [0.2, 0.25) is 0 Å². The number of sulfone groups is 1. The molecule has 1 fully saturated rings. The Morgan fingerprint density at radius 1 is 1.08 bits per heavy atom. The molecular formula is C18H27NO6S. The number of hydrogen-bond donors (Lipinski definition) is 1. The van der Waals surface area contributed by atoms with E-state index >= 15 is 0 Å². The van der Waals surface area contributed by atoms with Crippen molar-refractivity contribution in [2.24, 2.45) is 0 Å².